The van der Waals surface area contributed by atoms with Crippen LogP contribution in [0.4, 0.5) is 0 Å². The van der Waals surface area contributed by atoms with Crippen LogP contribution < -0.4 is 0 Å². The molecule has 0 aromatic heterocycles. The summed E-state index contributed by atoms with van der Waals surface area (Å²) in [5, 5.41) is 0. The molecule has 0 unspecified atom stereocenters. The maximum Gasteiger partial charge on any atom is 0.319 e. The van der Waals surface area contributed by atoms with Crippen LogP contribution in [0, 0.1) is 0 Å². The first kappa shape index (κ1) is 19.5. The van der Waals surface area contributed by atoms with E-state index in [9.17, 15) is 0 Å². The van der Waals surface area contributed by atoms with Crippen LogP contribution in [0.2, 0.25) is 0 Å². The van der Waals surface area contributed by atoms with Crippen LogP contribution in [0.5, 0.6) is 0 Å². The van der Waals surface area contributed by atoms with Crippen molar-refractivity contribution in [3.05, 3.63) is 84.4 Å². The second-order valence-corrected chi connectivity index (χ2v) is 7.93. The molecule has 5 heteroatoms. The molecule has 0 spiro atoms. The lowest BCUT2D eigenvalue weighted by Crippen LogP contribution is -1.91. The van der Waals surface area contributed by atoms with Crippen LogP contribution in [0.15, 0.2) is 78.9 Å². The Morgan fingerprint density at radius 1 is 0.720 bits per heavy atom. The molecular formula is C20H21O3PS. The Kier molecular flexibility index (Phi) is 7.06. The Balaban J connectivity index is 0.000000399. The fourth-order valence-corrected chi connectivity index (χ4v) is 2.70. The third-order valence-electron chi connectivity index (χ3n) is 3.68. The van der Waals surface area contributed by atoms with E-state index in [0.717, 1.165) is 6.42 Å². The van der Waals surface area contributed by atoms with Crippen molar-refractivity contribution in [2.24, 2.45) is 0 Å². The van der Waals surface area contributed by atoms with Gasteiger partial charge in [-0.05, 0) is 46.0 Å². The molecule has 0 aliphatic carbocycles. The molecule has 3 aromatic rings. The van der Waals surface area contributed by atoms with E-state index >= 15 is 0 Å². The predicted molar refractivity (Wildman–Crippen MR) is 108 cm³/mol. The summed E-state index contributed by atoms with van der Waals surface area (Å²) in [6.45, 7) is -1.59. The van der Waals surface area contributed by atoms with Crippen molar-refractivity contribution in [3.8, 4) is 22.3 Å². The highest BCUT2D eigenvalue weighted by Gasteiger charge is 2.10. The summed E-state index contributed by atoms with van der Waals surface area (Å²) in [5.41, 5.74) is 6.65. The van der Waals surface area contributed by atoms with Crippen molar-refractivity contribution in [1.82, 2.24) is 0 Å². The minimum absolute atomic E-state index is 1.05. The molecule has 0 saturated heterocycles. The van der Waals surface area contributed by atoms with Crippen molar-refractivity contribution in [1.29, 1.82) is 0 Å². The molecule has 0 saturated carbocycles. The van der Waals surface area contributed by atoms with Gasteiger partial charge in [0, 0.05) is 0 Å². The Bertz CT molecular complexity index is 837. The molecule has 3 aromatic carbocycles. The quantitative estimate of drug-likeness (QED) is 0.580. The van der Waals surface area contributed by atoms with Crippen molar-refractivity contribution < 1.29 is 14.7 Å². The van der Waals surface area contributed by atoms with Crippen LogP contribution in [0.1, 0.15) is 12.5 Å². The normalized spacial score (nSPS) is 10.7. The fourth-order valence-electron chi connectivity index (χ4n) is 2.70. The molecule has 3 N–H and O–H groups in total. The van der Waals surface area contributed by atoms with E-state index in [1.54, 1.807) is 0 Å². The molecule has 3 nitrogen and oxygen atoms in total. The van der Waals surface area contributed by atoms with Crippen LogP contribution in [0.25, 0.3) is 22.3 Å². The molecule has 0 atom stereocenters. The average Bonchev–Trinajstić information content (AvgIpc) is 2.61. The molecule has 3 rings (SSSR count). The molecule has 0 aliphatic rings. The highest BCUT2D eigenvalue weighted by atomic mass is 32.5. The monoisotopic (exact) mass is 372 g/mol. The Hall–Kier alpha value is -1.81. The van der Waals surface area contributed by atoms with Crippen LogP contribution in [-0.4, -0.2) is 14.7 Å². The zero-order chi connectivity index (χ0) is 18.3. The second kappa shape index (κ2) is 9.04. The molecular weight excluding hydrogens is 351 g/mol. The van der Waals surface area contributed by atoms with Gasteiger partial charge >= 0.3 is 6.72 Å². The van der Waals surface area contributed by atoms with Gasteiger partial charge in [0.2, 0.25) is 0 Å². The summed E-state index contributed by atoms with van der Waals surface area (Å²) in [5.74, 6) is 0. The van der Waals surface area contributed by atoms with E-state index in [2.05, 4.69) is 97.6 Å². The molecule has 130 valence electrons. The first-order valence-corrected chi connectivity index (χ1v) is 10.6. The van der Waals surface area contributed by atoms with Gasteiger partial charge in [0.1, 0.15) is 0 Å². The first-order chi connectivity index (χ1) is 11.9. The zero-order valence-electron chi connectivity index (χ0n) is 13.9. The molecule has 0 radical (unpaired) electrons. The van der Waals surface area contributed by atoms with Crippen LogP contribution in [0.3, 0.4) is 0 Å². The van der Waals surface area contributed by atoms with Gasteiger partial charge in [-0.2, -0.15) is 0 Å². The van der Waals surface area contributed by atoms with Gasteiger partial charge in [0.15, 0.2) is 0 Å². The van der Waals surface area contributed by atoms with Crippen molar-refractivity contribution in [2.75, 3.05) is 0 Å². The standard InChI is InChI=1S/C20H18.H3O3PS/c1-2-16-14-9-15-19(17-10-5-3-6-11-17)20(16)18-12-7-4-8-13-18;1-4(2,3)5/h3-15H,2H2,1H3;(H3,1,2,3,5). The third-order valence-corrected chi connectivity index (χ3v) is 3.68. The van der Waals surface area contributed by atoms with E-state index in [4.69, 9.17) is 14.7 Å². The molecule has 0 fully saturated rings. The molecule has 0 aliphatic heterocycles. The van der Waals surface area contributed by atoms with E-state index < -0.39 is 6.72 Å². The lowest BCUT2D eigenvalue weighted by molar-refractivity contribution is 0.363. The van der Waals surface area contributed by atoms with E-state index in [0.29, 0.717) is 0 Å². The lowest BCUT2D eigenvalue weighted by Gasteiger charge is -2.14. The predicted octanol–water partition coefficient (Wildman–Crippen LogP) is 4.77. The van der Waals surface area contributed by atoms with Crippen molar-refractivity contribution in [3.63, 3.8) is 0 Å². The van der Waals surface area contributed by atoms with Crippen molar-refractivity contribution in [2.45, 2.75) is 13.3 Å². The van der Waals surface area contributed by atoms with Gasteiger partial charge in [0.25, 0.3) is 0 Å². The molecule has 0 amide bonds. The van der Waals surface area contributed by atoms with Crippen LogP contribution >= 0.6 is 6.72 Å². The number of hydrogen-bond donors (Lipinski definition) is 3. The van der Waals surface area contributed by atoms with Gasteiger partial charge in [-0.1, -0.05) is 85.8 Å². The largest absolute Gasteiger partial charge is 0.325 e. The van der Waals surface area contributed by atoms with Gasteiger partial charge in [-0.15, -0.1) is 0 Å². The van der Waals surface area contributed by atoms with Gasteiger partial charge in [-0.3, -0.25) is 0 Å². The second-order valence-electron chi connectivity index (χ2n) is 5.44. The van der Waals surface area contributed by atoms with E-state index in [-0.39, 0.29) is 0 Å². The summed E-state index contributed by atoms with van der Waals surface area (Å²) < 4.78 is 0. The number of aryl methyl sites for hydroxylation is 1. The topological polar surface area (TPSA) is 60.7 Å². The van der Waals surface area contributed by atoms with E-state index in [1.807, 2.05) is 0 Å². The highest BCUT2D eigenvalue weighted by Crippen LogP contribution is 2.35. The maximum atomic E-state index is 7.56. The third kappa shape index (κ3) is 6.20. The Morgan fingerprint density at radius 3 is 1.68 bits per heavy atom. The average molecular weight is 372 g/mol. The number of hydrogen-bond acceptors (Lipinski definition) is 1. The summed E-state index contributed by atoms with van der Waals surface area (Å²) >= 11 is 3.60. The van der Waals surface area contributed by atoms with Gasteiger partial charge in [0.05, 0.1) is 0 Å². The minimum Gasteiger partial charge on any atom is -0.325 e. The molecule has 25 heavy (non-hydrogen) atoms. The first-order valence-electron chi connectivity index (χ1n) is 7.91. The summed E-state index contributed by atoms with van der Waals surface area (Å²) in [7, 11) is 0. The number of rotatable bonds is 3. The number of benzene rings is 3. The Morgan fingerprint density at radius 2 is 1.20 bits per heavy atom. The van der Waals surface area contributed by atoms with E-state index in [1.165, 1.54) is 27.8 Å². The SMILES string of the molecule is CCc1cccc(-c2ccccc2)c1-c1ccccc1.OP(O)(O)=S. The van der Waals surface area contributed by atoms with Gasteiger partial charge < -0.3 is 14.7 Å². The van der Waals surface area contributed by atoms with Gasteiger partial charge in [-0.25, -0.2) is 0 Å². The summed E-state index contributed by atoms with van der Waals surface area (Å²) in [6, 6.07) is 27.9. The molecule has 0 heterocycles. The summed E-state index contributed by atoms with van der Waals surface area (Å²) in [6.07, 6.45) is 1.05. The fraction of sp³-hybridized carbons (Fsp3) is 0.100. The summed E-state index contributed by atoms with van der Waals surface area (Å²) in [4.78, 5) is 22.7. The zero-order valence-corrected chi connectivity index (χ0v) is 15.6. The molecule has 0 bridgehead atoms. The minimum atomic E-state index is -3.81. The lowest BCUT2D eigenvalue weighted by atomic mass is 9.90. The van der Waals surface area contributed by atoms with Crippen molar-refractivity contribution >= 4 is 18.5 Å². The Labute approximate surface area is 153 Å². The maximum absolute atomic E-state index is 7.56. The van der Waals surface area contributed by atoms with Crippen LogP contribution in [-0.2, 0) is 18.2 Å². The highest BCUT2D eigenvalue weighted by molar-refractivity contribution is 8.06. The smallest absolute Gasteiger partial charge is 0.319 e.